The zero-order valence-corrected chi connectivity index (χ0v) is 11.9. The van der Waals surface area contributed by atoms with Crippen LogP contribution in [0.1, 0.15) is 31.7 Å². The Kier molecular flexibility index (Phi) is 5.62. The van der Waals surface area contributed by atoms with Crippen LogP contribution in [0.3, 0.4) is 0 Å². The molecule has 0 aromatic heterocycles. The quantitative estimate of drug-likeness (QED) is 0.610. The molecule has 1 rings (SSSR count). The van der Waals surface area contributed by atoms with Crippen molar-refractivity contribution in [3.8, 4) is 0 Å². The van der Waals surface area contributed by atoms with E-state index in [0.29, 0.717) is 12.2 Å². The maximum atomic E-state index is 12.1. The van der Waals surface area contributed by atoms with Gasteiger partial charge in [-0.2, -0.15) is 0 Å². The molecule has 0 aliphatic heterocycles. The first-order valence-corrected chi connectivity index (χ1v) is 7.85. The standard InChI is InChI=1S/C13H22N2O2S/c1-3-4-5-9-15(2)18(16,17)11-12-7-6-8-13(14)10-12/h6-8,10H,3-5,9,11,14H2,1-2H3. The lowest BCUT2D eigenvalue weighted by Crippen LogP contribution is -2.29. The van der Waals surface area contributed by atoms with Crippen LogP contribution in [0.4, 0.5) is 5.69 Å². The number of nitrogens with zero attached hydrogens (tertiary/aromatic N) is 1. The Hall–Kier alpha value is -1.07. The lowest BCUT2D eigenvalue weighted by atomic mass is 10.2. The Bertz CT molecular complexity index is 472. The van der Waals surface area contributed by atoms with Crippen LogP contribution in [0.25, 0.3) is 0 Å². The van der Waals surface area contributed by atoms with Crippen LogP contribution in [-0.4, -0.2) is 26.3 Å². The van der Waals surface area contributed by atoms with Gasteiger partial charge in [0.15, 0.2) is 0 Å². The number of benzene rings is 1. The van der Waals surface area contributed by atoms with Gasteiger partial charge in [0.1, 0.15) is 0 Å². The first kappa shape index (κ1) is 15.0. The van der Waals surface area contributed by atoms with E-state index in [-0.39, 0.29) is 5.75 Å². The summed E-state index contributed by atoms with van der Waals surface area (Å²) < 4.78 is 25.6. The van der Waals surface area contributed by atoms with Gasteiger partial charge in [-0.15, -0.1) is 0 Å². The van der Waals surface area contributed by atoms with E-state index in [1.807, 2.05) is 0 Å². The molecule has 0 radical (unpaired) electrons. The molecule has 0 fully saturated rings. The fourth-order valence-electron chi connectivity index (χ4n) is 1.73. The molecule has 4 nitrogen and oxygen atoms in total. The van der Waals surface area contributed by atoms with Crippen LogP contribution in [0.2, 0.25) is 0 Å². The summed E-state index contributed by atoms with van der Waals surface area (Å²) in [5, 5.41) is 0. The minimum atomic E-state index is -3.23. The lowest BCUT2D eigenvalue weighted by molar-refractivity contribution is 0.453. The minimum Gasteiger partial charge on any atom is -0.399 e. The molecule has 0 atom stereocenters. The maximum absolute atomic E-state index is 12.1. The van der Waals surface area contributed by atoms with E-state index in [4.69, 9.17) is 5.73 Å². The van der Waals surface area contributed by atoms with E-state index in [2.05, 4.69) is 6.92 Å². The number of unbranched alkanes of at least 4 members (excludes halogenated alkanes) is 2. The van der Waals surface area contributed by atoms with E-state index in [9.17, 15) is 8.42 Å². The molecule has 0 amide bonds. The van der Waals surface area contributed by atoms with Crippen LogP contribution in [0.5, 0.6) is 0 Å². The molecule has 102 valence electrons. The zero-order chi connectivity index (χ0) is 13.6. The zero-order valence-electron chi connectivity index (χ0n) is 11.1. The summed E-state index contributed by atoms with van der Waals surface area (Å²) in [6.07, 6.45) is 3.05. The van der Waals surface area contributed by atoms with Gasteiger partial charge in [0.2, 0.25) is 10.0 Å². The van der Waals surface area contributed by atoms with E-state index in [0.717, 1.165) is 24.8 Å². The average molecular weight is 270 g/mol. The Morgan fingerprint density at radius 3 is 2.61 bits per heavy atom. The van der Waals surface area contributed by atoms with Gasteiger partial charge in [0.25, 0.3) is 0 Å². The average Bonchev–Trinajstić information content (AvgIpc) is 2.28. The smallest absolute Gasteiger partial charge is 0.218 e. The molecule has 0 spiro atoms. The van der Waals surface area contributed by atoms with E-state index in [1.54, 1.807) is 31.3 Å². The second-order valence-electron chi connectivity index (χ2n) is 4.53. The van der Waals surface area contributed by atoms with Crippen molar-refractivity contribution in [3.05, 3.63) is 29.8 Å². The highest BCUT2D eigenvalue weighted by Gasteiger charge is 2.17. The molecule has 0 saturated heterocycles. The van der Waals surface area contributed by atoms with Gasteiger partial charge in [-0.25, -0.2) is 12.7 Å². The SMILES string of the molecule is CCCCCN(C)S(=O)(=O)Cc1cccc(N)c1. The third-order valence-electron chi connectivity index (χ3n) is 2.85. The topological polar surface area (TPSA) is 63.4 Å². The summed E-state index contributed by atoms with van der Waals surface area (Å²) in [5.74, 6) is 0.0145. The number of rotatable bonds is 7. The Morgan fingerprint density at radius 2 is 2.00 bits per heavy atom. The molecule has 5 heteroatoms. The van der Waals surface area contributed by atoms with Crippen molar-refractivity contribution in [3.63, 3.8) is 0 Å². The van der Waals surface area contributed by atoms with Crippen molar-refractivity contribution in [1.82, 2.24) is 4.31 Å². The molecule has 0 heterocycles. The van der Waals surface area contributed by atoms with Gasteiger partial charge in [-0.05, 0) is 24.1 Å². The molecule has 0 unspecified atom stereocenters. The number of sulfonamides is 1. The second kappa shape index (κ2) is 6.75. The number of anilines is 1. The third-order valence-corrected chi connectivity index (χ3v) is 4.68. The summed E-state index contributed by atoms with van der Waals surface area (Å²) in [6.45, 7) is 2.68. The Labute approximate surface area is 110 Å². The summed E-state index contributed by atoms with van der Waals surface area (Å²) in [7, 11) is -1.60. The number of nitrogens with two attached hydrogens (primary N) is 1. The highest BCUT2D eigenvalue weighted by atomic mass is 32.2. The van der Waals surface area contributed by atoms with Gasteiger partial charge in [0.05, 0.1) is 5.75 Å². The van der Waals surface area contributed by atoms with E-state index >= 15 is 0 Å². The van der Waals surface area contributed by atoms with Gasteiger partial charge in [-0.3, -0.25) is 0 Å². The Balaban J connectivity index is 2.64. The first-order chi connectivity index (χ1) is 8.45. The van der Waals surface area contributed by atoms with Crippen LogP contribution >= 0.6 is 0 Å². The molecular formula is C13H22N2O2S. The van der Waals surface area contributed by atoms with Gasteiger partial charge in [-0.1, -0.05) is 31.9 Å². The summed E-state index contributed by atoms with van der Waals surface area (Å²) in [4.78, 5) is 0. The maximum Gasteiger partial charge on any atom is 0.218 e. The van der Waals surface area contributed by atoms with Gasteiger partial charge in [0, 0.05) is 19.3 Å². The summed E-state index contributed by atoms with van der Waals surface area (Å²) in [6, 6.07) is 7.02. The molecule has 1 aromatic carbocycles. The van der Waals surface area contributed by atoms with Crippen molar-refractivity contribution in [2.75, 3.05) is 19.3 Å². The predicted molar refractivity (Wildman–Crippen MR) is 75.6 cm³/mol. The van der Waals surface area contributed by atoms with Crippen molar-refractivity contribution < 1.29 is 8.42 Å². The fraction of sp³-hybridized carbons (Fsp3) is 0.538. The molecule has 1 aromatic rings. The summed E-state index contributed by atoms with van der Waals surface area (Å²) >= 11 is 0. The molecule has 0 aliphatic rings. The third kappa shape index (κ3) is 4.66. The fourth-order valence-corrected chi connectivity index (χ4v) is 2.96. The molecular weight excluding hydrogens is 248 g/mol. The van der Waals surface area contributed by atoms with Crippen molar-refractivity contribution in [2.24, 2.45) is 0 Å². The summed E-state index contributed by atoms with van der Waals surface area (Å²) in [5.41, 5.74) is 6.97. The molecule has 0 saturated carbocycles. The second-order valence-corrected chi connectivity index (χ2v) is 6.61. The molecule has 2 N–H and O–H groups in total. The van der Waals surface area contributed by atoms with Crippen LogP contribution < -0.4 is 5.73 Å². The normalized spacial score (nSPS) is 11.9. The molecule has 0 aliphatic carbocycles. The highest BCUT2D eigenvalue weighted by Crippen LogP contribution is 2.13. The first-order valence-electron chi connectivity index (χ1n) is 6.24. The lowest BCUT2D eigenvalue weighted by Gasteiger charge is -2.17. The largest absolute Gasteiger partial charge is 0.399 e. The van der Waals surface area contributed by atoms with Crippen molar-refractivity contribution >= 4 is 15.7 Å². The highest BCUT2D eigenvalue weighted by molar-refractivity contribution is 7.88. The number of nitrogen functional groups attached to an aromatic ring is 1. The van der Waals surface area contributed by atoms with Crippen molar-refractivity contribution in [1.29, 1.82) is 0 Å². The van der Waals surface area contributed by atoms with Crippen LogP contribution in [0, 0.1) is 0 Å². The van der Waals surface area contributed by atoms with Crippen LogP contribution in [0.15, 0.2) is 24.3 Å². The van der Waals surface area contributed by atoms with Gasteiger partial charge >= 0.3 is 0 Å². The van der Waals surface area contributed by atoms with E-state index in [1.165, 1.54) is 4.31 Å². The van der Waals surface area contributed by atoms with E-state index < -0.39 is 10.0 Å². The monoisotopic (exact) mass is 270 g/mol. The Morgan fingerprint density at radius 1 is 1.28 bits per heavy atom. The minimum absolute atomic E-state index is 0.0145. The predicted octanol–water partition coefficient (Wildman–Crippen LogP) is 2.22. The van der Waals surface area contributed by atoms with Gasteiger partial charge < -0.3 is 5.73 Å². The molecule has 0 bridgehead atoms. The number of hydrogen-bond acceptors (Lipinski definition) is 3. The molecule has 18 heavy (non-hydrogen) atoms. The van der Waals surface area contributed by atoms with Crippen molar-refractivity contribution in [2.45, 2.75) is 31.9 Å². The number of hydrogen-bond donors (Lipinski definition) is 1. The van der Waals surface area contributed by atoms with Crippen LogP contribution in [-0.2, 0) is 15.8 Å².